The van der Waals surface area contributed by atoms with E-state index in [2.05, 4.69) is 10.6 Å². The lowest BCUT2D eigenvalue weighted by Crippen LogP contribution is -2.26. The third kappa shape index (κ3) is 3.52. The first-order valence-electron chi connectivity index (χ1n) is 9.67. The molecule has 2 heterocycles. The maximum atomic E-state index is 16.1. The molecule has 34 heavy (non-hydrogen) atoms. The van der Waals surface area contributed by atoms with Gasteiger partial charge in [-0.05, 0) is 18.2 Å². The summed E-state index contributed by atoms with van der Waals surface area (Å²) in [5.41, 5.74) is 3.35. The second-order valence-corrected chi connectivity index (χ2v) is 7.03. The molecular formula is C22H16FN5O6. The van der Waals surface area contributed by atoms with Crippen molar-refractivity contribution in [2.24, 2.45) is 0 Å². The van der Waals surface area contributed by atoms with Gasteiger partial charge in [-0.25, -0.2) is 9.18 Å². The Bertz CT molecular complexity index is 1430. The van der Waals surface area contributed by atoms with Gasteiger partial charge in [-0.15, -0.1) is 0 Å². The normalized spacial score (nSPS) is 12.1. The molecule has 2 aromatic carbocycles. The van der Waals surface area contributed by atoms with Crippen molar-refractivity contribution in [3.05, 3.63) is 75.3 Å². The van der Waals surface area contributed by atoms with Crippen LogP contribution in [0.5, 0.6) is 0 Å². The van der Waals surface area contributed by atoms with Gasteiger partial charge in [0.05, 0.1) is 35.2 Å². The molecule has 0 radical (unpaired) electrons. The minimum absolute atomic E-state index is 0.203. The van der Waals surface area contributed by atoms with Crippen molar-refractivity contribution in [1.29, 1.82) is 0 Å². The van der Waals surface area contributed by atoms with Gasteiger partial charge in [-0.2, -0.15) is 0 Å². The Balaban J connectivity index is 2.06. The molecule has 172 valence electrons. The number of hydrogen-bond donors (Lipinski definition) is 4. The van der Waals surface area contributed by atoms with E-state index >= 15 is 4.39 Å². The van der Waals surface area contributed by atoms with Crippen LogP contribution in [0, 0.1) is 5.82 Å². The number of nitrogen functional groups attached to an aromatic ring is 1. The molecule has 11 nitrogen and oxygen atoms in total. The first-order chi connectivity index (χ1) is 16.3. The number of methoxy groups -OCH3 is 1. The van der Waals surface area contributed by atoms with E-state index in [1.165, 1.54) is 0 Å². The summed E-state index contributed by atoms with van der Waals surface area (Å²) < 4.78 is 21.4. The van der Waals surface area contributed by atoms with Gasteiger partial charge in [0.15, 0.2) is 5.82 Å². The number of pyridine rings is 1. The number of hydrogen-bond acceptors (Lipinski definition) is 8. The van der Waals surface area contributed by atoms with Gasteiger partial charge < -0.3 is 21.1 Å². The number of ether oxygens (including phenoxy) is 1. The molecule has 1 aliphatic rings. The summed E-state index contributed by atoms with van der Waals surface area (Å²) in [7, 11) is 1.09. The quantitative estimate of drug-likeness (QED) is 0.242. The molecule has 4 rings (SSSR count). The number of rotatable bonds is 6. The first kappa shape index (κ1) is 22.2. The zero-order valence-corrected chi connectivity index (χ0v) is 17.5. The van der Waals surface area contributed by atoms with Crippen LogP contribution in [0.4, 0.5) is 27.3 Å². The minimum Gasteiger partial charge on any atom is -0.465 e. The lowest BCUT2D eigenvalue weighted by molar-refractivity contribution is -0.105. The van der Waals surface area contributed by atoms with E-state index in [-0.39, 0.29) is 34.5 Å². The molecule has 0 saturated carbocycles. The van der Waals surface area contributed by atoms with Gasteiger partial charge in [0, 0.05) is 11.8 Å². The van der Waals surface area contributed by atoms with Crippen molar-refractivity contribution < 1.29 is 28.3 Å². The third-order valence-electron chi connectivity index (χ3n) is 5.08. The summed E-state index contributed by atoms with van der Waals surface area (Å²) in [5, 5.41) is 7.00. The molecule has 0 atom stereocenters. The van der Waals surface area contributed by atoms with Crippen LogP contribution in [0.1, 0.15) is 31.1 Å². The van der Waals surface area contributed by atoms with E-state index in [0.717, 1.165) is 19.2 Å². The molecule has 0 unspecified atom stereocenters. The fourth-order valence-electron chi connectivity index (χ4n) is 3.60. The van der Waals surface area contributed by atoms with Crippen molar-refractivity contribution in [3.8, 4) is 5.69 Å². The second kappa shape index (κ2) is 8.50. The molecule has 0 bridgehead atoms. The number of carbonyl (C=O) groups is 4. The molecule has 0 fully saturated rings. The number of esters is 1. The van der Waals surface area contributed by atoms with Crippen LogP contribution in [0.3, 0.4) is 0 Å². The number of anilines is 4. The van der Waals surface area contributed by atoms with Crippen molar-refractivity contribution in [2.75, 3.05) is 23.5 Å². The number of imide groups is 1. The van der Waals surface area contributed by atoms with Crippen molar-refractivity contribution in [2.45, 2.75) is 0 Å². The SMILES string of the molecule is COC(=O)c1cc(NC=O)c(-n2c(N)c3c(cc2=O)C(=O)NC3=O)c(F)c1Nc1ccccc1. The minimum atomic E-state index is -1.16. The first-order valence-corrected chi connectivity index (χ1v) is 9.67. The summed E-state index contributed by atoms with van der Waals surface area (Å²) in [6.07, 6.45) is 0.203. The number of halogens is 1. The van der Waals surface area contributed by atoms with Gasteiger partial charge in [0.2, 0.25) is 6.41 Å². The lowest BCUT2D eigenvalue weighted by Gasteiger charge is -2.20. The Kier molecular flexibility index (Phi) is 5.55. The maximum absolute atomic E-state index is 16.1. The number of aromatic nitrogens is 1. The van der Waals surface area contributed by atoms with E-state index in [1.807, 2.05) is 5.32 Å². The number of benzene rings is 2. The third-order valence-corrected chi connectivity index (χ3v) is 5.08. The van der Waals surface area contributed by atoms with Crippen LogP contribution >= 0.6 is 0 Å². The number of amides is 3. The lowest BCUT2D eigenvalue weighted by atomic mass is 10.1. The molecule has 0 saturated heterocycles. The van der Waals surface area contributed by atoms with Crippen molar-refractivity contribution in [3.63, 3.8) is 0 Å². The van der Waals surface area contributed by atoms with E-state index in [4.69, 9.17) is 10.5 Å². The standard InChI is InChI=1S/C22H16FN5O6/c1-34-22(33)12-7-13(25-9-29)18(16(23)17(12)26-10-5-3-2-4-6-10)28-14(30)8-11-15(19(28)24)21(32)27-20(11)31/h2-9,26H,24H2,1H3,(H,25,29)(H,27,31,32). The number of nitrogens with one attached hydrogen (secondary N) is 3. The van der Waals surface area contributed by atoms with E-state index in [0.29, 0.717) is 10.3 Å². The molecule has 3 amide bonds. The van der Waals surface area contributed by atoms with Crippen LogP contribution in [0.2, 0.25) is 0 Å². The fraction of sp³-hybridized carbons (Fsp3) is 0.0455. The highest BCUT2D eigenvalue weighted by Gasteiger charge is 2.34. The molecule has 0 spiro atoms. The predicted octanol–water partition coefficient (Wildman–Crippen LogP) is 1.54. The van der Waals surface area contributed by atoms with Crippen LogP contribution < -0.4 is 27.2 Å². The number of fused-ring (bicyclic) bond motifs is 1. The maximum Gasteiger partial charge on any atom is 0.340 e. The van der Waals surface area contributed by atoms with Crippen molar-refractivity contribution in [1.82, 2.24) is 9.88 Å². The summed E-state index contributed by atoms with van der Waals surface area (Å²) >= 11 is 0. The summed E-state index contributed by atoms with van der Waals surface area (Å²) in [4.78, 5) is 60.7. The molecule has 12 heteroatoms. The Labute approximate surface area is 190 Å². The van der Waals surface area contributed by atoms with E-state index in [9.17, 15) is 24.0 Å². The van der Waals surface area contributed by atoms with Crippen LogP contribution in [0.25, 0.3) is 5.69 Å². The smallest absolute Gasteiger partial charge is 0.340 e. The topological polar surface area (TPSA) is 162 Å². The monoisotopic (exact) mass is 465 g/mol. The number of carbonyl (C=O) groups excluding carboxylic acids is 4. The van der Waals surface area contributed by atoms with Gasteiger partial charge in [0.25, 0.3) is 17.4 Å². The average Bonchev–Trinajstić information content (AvgIpc) is 3.10. The zero-order chi connectivity index (χ0) is 24.6. The molecule has 0 aliphatic carbocycles. The highest BCUT2D eigenvalue weighted by molar-refractivity contribution is 6.23. The Morgan fingerprint density at radius 3 is 2.50 bits per heavy atom. The summed E-state index contributed by atoms with van der Waals surface area (Å²) in [5.74, 6) is -4.32. The molecule has 1 aromatic heterocycles. The van der Waals surface area contributed by atoms with Gasteiger partial charge >= 0.3 is 5.97 Å². The zero-order valence-electron chi connectivity index (χ0n) is 17.5. The number of para-hydroxylation sites is 1. The summed E-state index contributed by atoms with van der Waals surface area (Å²) in [6, 6.07) is 10.2. The van der Waals surface area contributed by atoms with Gasteiger partial charge in [-0.1, -0.05) is 18.2 Å². The number of nitrogens with two attached hydrogens (primary N) is 1. The average molecular weight is 465 g/mol. The Morgan fingerprint density at radius 1 is 1.15 bits per heavy atom. The second-order valence-electron chi connectivity index (χ2n) is 7.03. The van der Waals surface area contributed by atoms with Gasteiger partial charge in [-0.3, -0.25) is 29.1 Å². The van der Waals surface area contributed by atoms with Gasteiger partial charge in [0.1, 0.15) is 11.5 Å². The molecule has 3 aromatic rings. The Hall–Kier alpha value is -5.00. The molecule has 1 aliphatic heterocycles. The van der Waals surface area contributed by atoms with Crippen molar-refractivity contribution >= 4 is 47.1 Å². The van der Waals surface area contributed by atoms with Crippen LogP contribution in [-0.2, 0) is 9.53 Å². The fourth-order valence-corrected chi connectivity index (χ4v) is 3.60. The van der Waals surface area contributed by atoms with Crippen LogP contribution in [0.15, 0.2) is 47.3 Å². The number of nitrogens with zero attached hydrogens (tertiary/aromatic N) is 1. The largest absolute Gasteiger partial charge is 0.465 e. The predicted molar refractivity (Wildman–Crippen MR) is 119 cm³/mol. The van der Waals surface area contributed by atoms with Crippen LogP contribution in [-0.4, -0.2) is 35.9 Å². The highest BCUT2D eigenvalue weighted by Crippen LogP contribution is 2.36. The molecular weight excluding hydrogens is 449 g/mol. The van der Waals surface area contributed by atoms with E-state index in [1.54, 1.807) is 30.3 Å². The summed E-state index contributed by atoms with van der Waals surface area (Å²) in [6.45, 7) is 0. The van der Waals surface area contributed by atoms with E-state index < -0.39 is 40.7 Å². The highest BCUT2D eigenvalue weighted by atomic mass is 19.1. The Morgan fingerprint density at radius 2 is 1.85 bits per heavy atom. The molecule has 5 N–H and O–H groups in total.